The SMILES string of the molecule is CCCCCCCCCCCC[N+](CCCCCCCCCCCC)(CCCCCCCCCCCC)CC(O)C(=O)O. The second-order valence-electron chi connectivity index (χ2n) is 14.1. The summed E-state index contributed by atoms with van der Waals surface area (Å²) in [7, 11) is 0. The van der Waals surface area contributed by atoms with Crippen LogP contribution in [0.2, 0.25) is 0 Å². The molecule has 0 aliphatic rings. The molecule has 0 bridgehead atoms. The van der Waals surface area contributed by atoms with Gasteiger partial charge in [-0.1, -0.05) is 175 Å². The van der Waals surface area contributed by atoms with Gasteiger partial charge in [0.25, 0.3) is 0 Å². The normalized spacial score (nSPS) is 12.7. The Morgan fingerprint density at radius 3 is 0.837 bits per heavy atom. The van der Waals surface area contributed by atoms with Gasteiger partial charge in [-0.2, -0.15) is 0 Å². The van der Waals surface area contributed by atoms with Gasteiger partial charge in [0.05, 0.1) is 19.6 Å². The third kappa shape index (κ3) is 28.6. The van der Waals surface area contributed by atoms with E-state index >= 15 is 0 Å². The maximum atomic E-state index is 11.7. The minimum absolute atomic E-state index is 0.390. The highest BCUT2D eigenvalue weighted by Gasteiger charge is 2.32. The summed E-state index contributed by atoms with van der Waals surface area (Å²) in [6.45, 7) is 10.3. The van der Waals surface area contributed by atoms with Crippen LogP contribution >= 0.6 is 0 Å². The molecule has 4 nitrogen and oxygen atoms in total. The average Bonchev–Trinajstić information content (AvgIpc) is 3.00. The minimum atomic E-state index is -1.24. The van der Waals surface area contributed by atoms with E-state index in [1.807, 2.05) is 0 Å². The molecule has 258 valence electrons. The van der Waals surface area contributed by atoms with E-state index < -0.39 is 12.1 Å². The molecule has 0 aromatic carbocycles. The zero-order chi connectivity index (χ0) is 31.7. The lowest BCUT2D eigenvalue weighted by Gasteiger charge is -2.40. The number of carbonyl (C=O) groups is 1. The number of unbranched alkanes of at least 4 members (excludes halogenated alkanes) is 27. The first-order chi connectivity index (χ1) is 21.0. The van der Waals surface area contributed by atoms with Crippen LogP contribution in [0.1, 0.15) is 213 Å². The Balaban J connectivity index is 4.76. The van der Waals surface area contributed by atoms with Crippen molar-refractivity contribution in [3.05, 3.63) is 0 Å². The molecule has 0 spiro atoms. The fourth-order valence-electron chi connectivity index (χ4n) is 6.86. The molecule has 4 heteroatoms. The van der Waals surface area contributed by atoms with E-state index in [0.717, 1.165) is 43.4 Å². The van der Waals surface area contributed by atoms with Gasteiger partial charge in [-0.3, -0.25) is 0 Å². The summed E-state index contributed by atoms with van der Waals surface area (Å²) in [5, 5.41) is 20.2. The van der Waals surface area contributed by atoms with Crippen molar-refractivity contribution in [2.75, 3.05) is 26.2 Å². The van der Waals surface area contributed by atoms with Crippen LogP contribution in [0.3, 0.4) is 0 Å². The monoisotopic (exact) mass is 611 g/mol. The fourth-order valence-corrected chi connectivity index (χ4v) is 6.86. The summed E-state index contributed by atoms with van der Waals surface area (Å²) in [6, 6.07) is 0. The Hall–Kier alpha value is -0.610. The van der Waals surface area contributed by atoms with Gasteiger partial charge in [-0.05, 0) is 38.5 Å². The molecule has 0 heterocycles. The first-order valence-electron chi connectivity index (χ1n) is 19.8. The average molecular weight is 611 g/mol. The number of quaternary nitrogens is 1. The van der Waals surface area contributed by atoms with Crippen LogP contribution in [0.5, 0.6) is 0 Å². The molecule has 0 aromatic heterocycles. The molecule has 0 aliphatic heterocycles. The smallest absolute Gasteiger partial charge is 0.338 e. The Labute approximate surface area is 270 Å². The zero-order valence-electron chi connectivity index (χ0n) is 29.9. The van der Waals surface area contributed by atoms with E-state index in [4.69, 9.17) is 0 Å². The largest absolute Gasteiger partial charge is 0.479 e. The maximum absolute atomic E-state index is 11.7. The Kier molecular flexibility index (Phi) is 32.3. The quantitative estimate of drug-likeness (QED) is 0.0548. The number of hydrogen-bond donors (Lipinski definition) is 2. The van der Waals surface area contributed by atoms with Crippen molar-refractivity contribution in [2.45, 2.75) is 219 Å². The molecule has 0 rings (SSSR count). The first-order valence-corrected chi connectivity index (χ1v) is 19.8. The molecule has 0 radical (unpaired) electrons. The summed E-state index contributed by atoms with van der Waals surface area (Å²) in [5.41, 5.74) is 0. The molecule has 1 unspecified atom stereocenters. The standard InChI is InChI=1S/C39H79NO3/c1-4-7-10-13-16-19-22-25-28-31-34-40(37-38(41)39(42)43,35-32-29-26-23-20-17-14-11-8-5-2)36-33-30-27-24-21-18-15-12-9-6-3/h38,41H,4-37H2,1-3H3/p+1. The lowest BCUT2D eigenvalue weighted by atomic mass is 10.0. The Bertz CT molecular complexity index is 507. The van der Waals surface area contributed by atoms with Crippen molar-refractivity contribution in [3.63, 3.8) is 0 Å². The predicted molar refractivity (Wildman–Crippen MR) is 189 cm³/mol. The van der Waals surface area contributed by atoms with Crippen LogP contribution in [0.25, 0.3) is 0 Å². The van der Waals surface area contributed by atoms with Gasteiger partial charge < -0.3 is 14.7 Å². The van der Waals surface area contributed by atoms with Crippen LogP contribution in [-0.4, -0.2) is 52.9 Å². The molecule has 0 saturated heterocycles. The summed E-state index contributed by atoms with van der Waals surface area (Å²) < 4.78 is 0.818. The molecule has 0 fully saturated rings. The van der Waals surface area contributed by atoms with Crippen LogP contribution in [0.15, 0.2) is 0 Å². The molecule has 0 aliphatic carbocycles. The number of aliphatic hydroxyl groups is 1. The molecular weight excluding hydrogens is 530 g/mol. The van der Waals surface area contributed by atoms with Crippen molar-refractivity contribution in [1.82, 2.24) is 0 Å². The lowest BCUT2D eigenvalue weighted by Crippen LogP contribution is -2.55. The van der Waals surface area contributed by atoms with Gasteiger partial charge in [0.1, 0.15) is 6.54 Å². The van der Waals surface area contributed by atoms with Crippen molar-refractivity contribution in [3.8, 4) is 0 Å². The van der Waals surface area contributed by atoms with Crippen LogP contribution < -0.4 is 0 Å². The highest BCUT2D eigenvalue weighted by Crippen LogP contribution is 2.20. The topological polar surface area (TPSA) is 57.5 Å². The van der Waals surface area contributed by atoms with Gasteiger partial charge in [-0.25, -0.2) is 4.79 Å². The second kappa shape index (κ2) is 32.8. The second-order valence-corrected chi connectivity index (χ2v) is 14.1. The number of aliphatic carboxylic acids is 1. The van der Waals surface area contributed by atoms with Crippen LogP contribution in [0, 0.1) is 0 Å². The zero-order valence-corrected chi connectivity index (χ0v) is 29.9. The van der Waals surface area contributed by atoms with Gasteiger partial charge in [-0.15, -0.1) is 0 Å². The van der Waals surface area contributed by atoms with E-state index in [0.29, 0.717) is 6.54 Å². The molecule has 2 N–H and O–H groups in total. The van der Waals surface area contributed by atoms with Gasteiger partial charge in [0, 0.05) is 0 Å². The summed E-state index contributed by atoms with van der Waals surface area (Å²) >= 11 is 0. The van der Waals surface area contributed by atoms with Crippen molar-refractivity contribution >= 4 is 5.97 Å². The number of hydrogen-bond acceptors (Lipinski definition) is 2. The van der Waals surface area contributed by atoms with Gasteiger partial charge in [0.2, 0.25) is 6.10 Å². The number of carboxylic acids is 1. The number of carboxylic acid groups (broad SMARTS) is 1. The molecule has 1 atom stereocenters. The predicted octanol–water partition coefficient (Wildman–Crippen LogP) is 12.0. The van der Waals surface area contributed by atoms with E-state index in [1.54, 1.807) is 0 Å². The highest BCUT2D eigenvalue weighted by molar-refractivity contribution is 5.71. The minimum Gasteiger partial charge on any atom is -0.479 e. The van der Waals surface area contributed by atoms with E-state index in [2.05, 4.69) is 20.8 Å². The number of rotatable bonds is 36. The van der Waals surface area contributed by atoms with Gasteiger partial charge >= 0.3 is 5.97 Å². The summed E-state index contributed by atoms with van der Waals surface area (Å²) in [4.78, 5) is 11.7. The Morgan fingerprint density at radius 2 is 0.628 bits per heavy atom. The summed E-state index contributed by atoms with van der Waals surface area (Å²) in [5.74, 6) is -1.04. The molecular formula is C39H80NO3+. The van der Waals surface area contributed by atoms with E-state index in [9.17, 15) is 15.0 Å². The lowest BCUT2D eigenvalue weighted by molar-refractivity contribution is -0.930. The van der Waals surface area contributed by atoms with Crippen LogP contribution in [-0.2, 0) is 4.79 Å². The maximum Gasteiger partial charge on any atom is 0.338 e. The van der Waals surface area contributed by atoms with E-state index in [-0.39, 0.29) is 0 Å². The van der Waals surface area contributed by atoms with Crippen molar-refractivity contribution in [1.29, 1.82) is 0 Å². The third-order valence-electron chi connectivity index (χ3n) is 9.80. The van der Waals surface area contributed by atoms with Crippen LogP contribution in [0.4, 0.5) is 0 Å². The Morgan fingerprint density at radius 1 is 0.419 bits per heavy atom. The third-order valence-corrected chi connectivity index (χ3v) is 9.80. The fraction of sp³-hybridized carbons (Fsp3) is 0.974. The van der Waals surface area contributed by atoms with Crippen molar-refractivity contribution in [2.24, 2.45) is 0 Å². The first kappa shape index (κ1) is 42.4. The highest BCUT2D eigenvalue weighted by atomic mass is 16.4. The molecule has 0 aromatic rings. The summed E-state index contributed by atoms with van der Waals surface area (Å²) in [6.07, 6.45) is 38.5. The molecule has 43 heavy (non-hydrogen) atoms. The van der Waals surface area contributed by atoms with Crippen molar-refractivity contribution < 1.29 is 19.5 Å². The number of aliphatic hydroxyl groups excluding tert-OH is 1. The number of nitrogens with zero attached hydrogens (tertiary/aromatic N) is 1. The molecule has 0 amide bonds. The molecule has 0 saturated carbocycles. The van der Waals surface area contributed by atoms with Gasteiger partial charge in [0.15, 0.2) is 0 Å². The van der Waals surface area contributed by atoms with E-state index in [1.165, 1.54) is 173 Å².